The van der Waals surface area contributed by atoms with Gasteiger partial charge in [0.05, 0.1) is 17.1 Å². The van der Waals surface area contributed by atoms with Crippen LogP contribution in [0.1, 0.15) is 30.6 Å². The first-order valence-corrected chi connectivity index (χ1v) is 11.1. The monoisotopic (exact) mass is 404 g/mol. The van der Waals surface area contributed by atoms with Crippen LogP contribution in [0.4, 0.5) is 0 Å². The van der Waals surface area contributed by atoms with Gasteiger partial charge in [-0.25, -0.2) is 13.2 Å². The number of likely N-dealkylation sites (N-methyl/N-ethyl adjacent to an activating group) is 1. The summed E-state index contributed by atoms with van der Waals surface area (Å²) < 4.78 is 30.7. The molecule has 0 aliphatic carbocycles. The largest absolute Gasteiger partial charge is 0.449 e. The van der Waals surface area contributed by atoms with Crippen LogP contribution in [0, 0.1) is 0 Å². The first kappa shape index (κ1) is 20.1. The third kappa shape index (κ3) is 4.44. The summed E-state index contributed by atoms with van der Waals surface area (Å²) in [4.78, 5) is 26.6. The number of benzene rings is 1. The Hall–Kier alpha value is -2.61. The van der Waals surface area contributed by atoms with Gasteiger partial charge in [0, 0.05) is 30.7 Å². The zero-order valence-electron chi connectivity index (χ0n) is 15.9. The fraction of sp³-hybridized carbons (Fsp3) is 0.400. The molecule has 1 aromatic heterocycles. The van der Waals surface area contributed by atoms with Gasteiger partial charge >= 0.3 is 5.97 Å². The smallest absolute Gasteiger partial charge is 0.338 e. The average Bonchev–Trinajstić information content (AvgIpc) is 3.32. The minimum Gasteiger partial charge on any atom is -0.449 e. The number of aromatic nitrogens is 1. The lowest BCUT2D eigenvalue weighted by Gasteiger charge is -2.29. The third-order valence-corrected chi connectivity index (χ3v) is 6.66. The van der Waals surface area contributed by atoms with Gasteiger partial charge in [0.1, 0.15) is 0 Å². The Morgan fingerprint density at radius 1 is 1.21 bits per heavy atom. The standard InChI is InChI=1S/C20H24N2O5S/c1-3-22(18-10-13-28(25,26)14-18)19(23)15(2)27-20(24)16-6-8-17(9-7-16)21-11-4-5-12-21/h4-9,11-12,15,18H,3,10,13-14H2,1-2H3. The lowest BCUT2D eigenvalue weighted by Crippen LogP contribution is -2.46. The molecular weight excluding hydrogens is 380 g/mol. The molecule has 0 bridgehead atoms. The summed E-state index contributed by atoms with van der Waals surface area (Å²) in [5, 5.41) is 0. The number of carbonyl (C=O) groups is 2. The number of sulfone groups is 1. The summed E-state index contributed by atoms with van der Waals surface area (Å²) in [6, 6.07) is 10.3. The average molecular weight is 404 g/mol. The van der Waals surface area contributed by atoms with E-state index in [1.165, 1.54) is 11.8 Å². The van der Waals surface area contributed by atoms with Gasteiger partial charge in [-0.2, -0.15) is 0 Å². The van der Waals surface area contributed by atoms with E-state index in [4.69, 9.17) is 4.74 Å². The number of ether oxygens (including phenoxy) is 1. The first-order valence-electron chi connectivity index (χ1n) is 9.26. The molecule has 0 radical (unpaired) electrons. The van der Waals surface area contributed by atoms with E-state index in [0.717, 1.165) is 5.69 Å². The molecule has 8 heteroatoms. The van der Waals surface area contributed by atoms with Crippen molar-refractivity contribution in [3.63, 3.8) is 0 Å². The molecule has 150 valence electrons. The molecule has 1 aromatic carbocycles. The molecule has 0 spiro atoms. The van der Waals surface area contributed by atoms with E-state index in [1.54, 1.807) is 31.2 Å². The molecule has 0 saturated carbocycles. The normalized spacial score (nSPS) is 19.1. The van der Waals surface area contributed by atoms with Crippen molar-refractivity contribution in [2.75, 3.05) is 18.1 Å². The van der Waals surface area contributed by atoms with Crippen LogP contribution in [0.2, 0.25) is 0 Å². The van der Waals surface area contributed by atoms with Crippen molar-refractivity contribution in [2.45, 2.75) is 32.4 Å². The van der Waals surface area contributed by atoms with Crippen LogP contribution in [0.5, 0.6) is 0 Å². The van der Waals surface area contributed by atoms with Crippen molar-refractivity contribution in [3.05, 3.63) is 54.4 Å². The molecule has 1 aliphatic heterocycles. The molecule has 3 rings (SSSR count). The van der Waals surface area contributed by atoms with Crippen molar-refractivity contribution in [1.29, 1.82) is 0 Å². The maximum atomic E-state index is 12.7. The lowest BCUT2D eigenvalue weighted by atomic mass is 10.2. The Balaban J connectivity index is 1.63. The second-order valence-electron chi connectivity index (χ2n) is 6.87. The van der Waals surface area contributed by atoms with Crippen LogP contribution in [-0.4, -0.2) is 60.0 Å². The lowest BCUT2D eigenvalue weighted by molar-refractivity contribution is -0.141. The molecule has 1 amide bonds. The summed E-state index contributed by atoms with van der Waals surface area (Å²) in [6.07, 6.45) is 3.23. The Kier molecular flexibility index (Phi) is 5.88. The van der Waals surface area contributed by atoms with E-state index in [1.807, 2.05) is 29.1 Å². The van der Waals surface area contributed by atoms with E-state index >= 15 is 0 Å². The van der Waals surface area contributed by atoms with E-state index < -0.39 is 21.9 Å². The van der Waals surface area contributed by atoms with Crippen molar-refractivity contribution in [2.24, 2.45) is 0 Å². The highest BCUT2D eigenvalue weighted by Gasteiger charge is 2.36. The zero-order chi connectivity index (χ0) is 20.3. The fourth-order valence-electron chi connectivity index (χ4n) is 3.40. The van der Waals surface area contributed by atoms with Gasteiger partial charge in [0.2, 0.25) is 0 Å². The summed E-state index contributed by atoms with van der Waals surface area (Å²) >= 11 is 0. The number of hydrogen-bond donors (Lipinski definition) is 0. The van der Waals surface area contributed by atoms with Crippen LogP contribution >= 0.6 is 0 Å². The summed E-state index contributed by atoms with van der Waals surface area (Å²) in [5.74, 6) is -0.908. The van der Waals surface area contributed by atoms with Crippen LogP contribution in [-0.2, 0) is 19.4 Å². The second-order valence-corrected chi connectivity index (χ2v) is 9.09. The topological polar surface area (TPSA) is 85.7 Å². The summed E-state index contributed by atoms with van der Waals surface area (Å²) in [6.45, 7) is 3.67. The molecule has 2 aromatic rings. The molecule has 0 N–H and O–H groups in total. The summed E-state index contributed by atoms with van der Waals surface area (Å²) in [7, 11) is -3.10. The number of esters is 1. The molecular formula is C20H24N2O5S. The maximum Gasteiger partial charge on any atom is 0.338 e. The van der Waals surface area contributed by atoms with Crippen LogP contribution in [0.3, 0.4) is 0 Å². The molecule has 1 aliphatic rings. The van der Waals surface area contributed by atoms with Gasteiger partial charge in [-0.3, -0.25) is 4.79 Å². The van der Waals surface area contributed by atoms with Gasteiger partial charge < -0.3 is 14.2 Å². The highest BCUT2D eigenvalue weighted by Crippen LogP contribution is 2.19. The minimum atomic E-state index is -3.10. The maximum absolute atomic E-state index is 12.7. The number of carbonyl (C=O) groups excluding carboxylic acids is 2. The van der Waals surface area contributed by atoms with E-state index in [0.29, 0.717) is 18.5 Å². The van der Waals surface area contributed by atoms with E-state index in [9.17, 15) is 18.0 Å². The number of nitrogens with zero attached hydrogens (tertiary/aromatic N) is 2. The van der Waals surface area contributed by atoms with Crippen LogP contribution in [0.25, 0.3) is 5.69 Å². The predicted octanol–water partition coefficient (Wildman–Crippen LogP) is 2.06. The Bertz CT molecular complexity index is 935. The quantitative estimate of drug-likeness (QED) is 0.688. The SMILES string of the molecule is CCN(C(=O)C(C)OC(=O)c1ccc(-n2cccc2)cc1)C1CCS(=O)(=O)C1. The van der Waals surface area contributed by atoms with Crippen LogP contribution < -0.4 is 0 Å². The van der Waals surface area contributed by atoms with E-state index in [2.05, 4.69) is 0 Å². The molecule has 2 atom stereocenters. The molecule has 1 fully saturated rings. The Morgan fingerprint density at radius 3 is 2.39 bits per heavy atom. The Morgan fingerprint density at radius 2 is 1.86 bits per heavy atom. The van der Waals surface area contributed by atoms with Crippen molar-refractivity contribution >= 4 is 21.7 Å². The first-order chi connectivity index (χ1) is 13.3. The van der Waals surface area contributed by atoms with Crippen molar-refractivity contribution in [3.8, 4) is 5.69 Å². The van der Waals surface area contributed by atoms with Gasteiger partial charge in [-0.05, 0) is 56.7 Å². The predicted molar refractivity (Wildman–Crippen MR) is 105 cm³/mol. The second kappa shape index (κ2) is 8.18. The number of hydrogen-bond acceptors (Lipinski definition) is 5. The minimum absolute atomic E-state index is 0.0336. The van der Waals surface area contributed by atoms with Gasteiger partial charge in [-0.15, -0.1) is 0 Å². The van der Waals surface area contributed by atoms with E-state index in [-0.39, 0.29) is 23.5 Å². The zero-order valence-corrected chi connectivity index (χ0v) is 16.8. The molecule has 28 heavy (non-hydrogen) atoms. The fourth-order valence-corrected chi connectivity index (χ4v) is 5.13. The van der Waals surface area contributed by atoms with Crippen molar-refractivity contribution in [1.82, 2.24) is 9.47 Å². The molecule has 1 saturated heterocycles. The summed E-state index contributed by atoms with van der Waals surface area (Å²) in [5.41, 5.74) is 1.26. The van der Waals surface area contributed by atoms with Gasteiger partial charge in [0.25, 0.3) is 5.91 Å². The third-order valence-electron chi connectivity index (χ3n) is 4.91. The molecule has 2 unspecified atom stereocenters. The highest BCUT2D eigenvalue weighted by atomic mass is 32.2. The highest BCUT2D eigenvalue weighted by molar-refractivity contribution is 7.91. The van der Waals surface area contributed by atoms with Crippen LogP contribution in [0.15, 0.2) is 48.8 Å². The van der Waals surface area contributed by atoms with Gasteiger partial charge in [0.15, 0.2) is 15.9 Å². The number of amides is 1. The number of rotatable bonds is 6. The van der Waals surface area contributed by atoms with Crippen molar-refractivity contribution < 1.29 is 22.7 Å². The molecule has 2 heterocycles. The Labute approximate surface area is 164 Å². The van der Waals surface area contributed by atoms with Gasteiger partial charge in [-0.1, -0.05) is 0 Å². The molecule has 7 nitrogen and oxygen atoms in total.